The van der Waals surface area contributed by atoms with E-state index in [0.29, 0.717) is 12.5 Å². The number of halogens is 1. The first-order valence-electron chi connectivity index (χ1n) is 5.81. The van der Waals surface area contributed by atoms with E-state index < -0.39 is 0 Å². The van der Waals surface area contributed by atoms with E-state index in [1.54, 1.807) is 4.90 Å². The van der Waals surface area contributed by atoms with Crippen LogP contribution < -0.4 is 0 Å². The van der Waals surface area contributed by atoms with Gasteiger partial charge in [-0.1, -0.05) is 52.9 Å². The zero-order valence-electron chi connectivity index (χ0n) is 9.64. The zero-order valence-corrected chi connectivity index (χ0v) is 11.8. The molecule has 1 heterocycles. The van der Waals surface area contributed by atoms with Crippen molar-refractivity contribution in [2.24, 2.45) is 5.92 Å². The Morgan fingerprint density at radius 2 is 2.06 bits per heavy atom. The first kappa shape index (κ1) is 12.7. The minimum Gasteiger partial charge on any atom is -0.445 e. The zero-order chi connectivity index (χ0) is 12.1. The van der Waals surface area contributed by atoms with Gasteiger partial charge in [0, 0.05) is 13.1 Å². The molecule has 0 bridgehead atoms. The number of hydrogen-bond acceptors (Lipinski definition) is 2. The fourth-order valence-electron chi connectivity index (χ4n) is 1.87. The maximum atomic E-state index is 11.7. The molecule has 1 saturated heterocycles. The Morgan fingerprint density at radius 3 is 2.71 bits per heavy atom. The molecule has 0 aliphatic carbocycles. The summed E-state index contributed by atoms with van der Waals surface area (Å²) in [6, 6.07) is 9.77. The molecule has 1 fully saturated rings. The van der Waals surface area contributed by atoms with Crippen molar-refractivity contribution in [1.29, 1.82) is 0 Å². The summed E-state index contributed by atoms with van der Waals surface area (Å²) in [5, 5.41) is 0. The van der Waals surface area contributed by atoms with Crippen molar-refractivity contribution >= 4 is 28.7 Å². The van der Waals surface area contributed by atoms with Crippen molar-refractivity contribution in [3.8, 4) is 0 Å². The van der Waals surface area contributed by atoms with Gasteiger partial charge in [0.25, 0.3) is 0 Å². The Morgan fingerprint density at radius 1 is 1.35 bits per heavy atom. The first-order valence-corrected chi connectivity index (χ1v) is 7.33. The molecule has 17 heavy (non-hydrogen) atoms. The first-order chi connectivity index (χ1) is 8.29. The van der Waals surface area contributed by atoms with E-state index in [9.17, 15) is 4.79 Å². The summed E-state index contributed by atoms with van der Waals surface area (Å²) in [7, 11) is 0. The third kappa shape index (κ3) is 3.59. The number of amides is 1. The van der Waals surface area contributed by atoms with Crippen molar-refractivity contribution in [2.45, 2.75) is 13.0 Å². The highest BCUT2D eigenvalue weighted by molar-refractivity contribution is 14.1. The minimum absolute atomic E-state index is 0.182. The number of carbonyl (C=O) groups is 1. The van der Waals surface area contributed by atoms with Crippen LogP contribution in [0.3, 0.4) is 0 Å². The average molecular weight is 345 g/mol. The monoisotopic (exact) mass is 345 g/mol. The van der Waals surface area contributed by atoms with E-state index in [2.05, 4.69) is 22.6 Å². The fourth-order valence-corrected chi connectivity index (χ4v) is 2.75. The van der Waals surface area contributed by atoms with Crippen molar-refractivity contribution < 1.29 is 9.53 Å². The van der Waals surface area contributed by atoms with Gasteiger partial charge < -0.3 is 9.64 Å². The standard InChI is InChI=1S/C13H16INO2/c14-7-6-12-8-15(9-12)13(16)17-10-11-4-2-1-3-5-11/h1-5,12H,6-10H2. The number of hydrogen-bond donors (Lipinski definition) is 0. The van der Waals surface area contributed by atoms with E-state index in [4.69, 9.17) is 4.74 Å². The molecule has 0 atom stereocenters. The van der Waals surface area contributed by atoms with Gasteiger partial charge in [0.15, 0.2) is 0 Å². The summed E-state index contributed by atoms with van der Waals surface area (Å²) in [5.41, 5.74) is 1.03. The highest BCUT2D eigenvalue weighted by Crippen LogP contribution is 2.20. The van der Waals surface area contributed by atoms with Crippen LogP contribution in [0.4, 0.5) is 4.79 Å². The van der Waals surface area contributed by atoms with Crippen LogP contribution >= 0.6 is 22.6 Å². The fraction of sp³-hybridized carbons (Fsp3) is 0.462. The topological polar surface area (TPSA) is 29.5 Å². The lowest BCUT2D eigenvalue weighted by Gasteiger charge is -2.38. The Kier molecular flexibility index (Phi) is 4.65. The second-order valence-corrected chi connectivity index (χ2v) is 5.37. The van der Waals surface area contributed by atoms with Crippen LogP contribution in [0.1, 0.15) is 12.0 Å². The molecule has 1 amide bonds. The number of rotatable bonds is 4. The summed E-state index contributed by atoms with van der Waals surface area (Å²) >= 11 is 2.37. The lowest BCUT2D eigenvalue weighted by molar-refractivity contribution is 0.0490. The van der Waals surface area contributed by atoms with Crippen LogP contribution in [0.15, 0.2) is 30.3 Å². The highest BCUT2D eigenvalue weighted by Gasteiger charge is 2.30. The molecule has 0 unspecified atom stereocenters. The summed E-state index contributed by atoms with van der Waals surface area (Å²) in [5.74, 6) is 0.677. The molecule has 4 heteroatoms. The largest absolute Gasteiger partial charge is 0.445 e. The molecular weight excluding hydrogens is 329 g/mol. The Bertz CT molecular complexity index is 363. The van der Waals surface area contributed by atoms with Gasteiger partial charge in [0.2, 0.25) is 0 Å². The molecule has 1 aliphatic heterocycles. The van der Waals surface area contributed by atoms with Crippen molar-refractivity contribution in [1.82, 2.24) is 4.90 Å². The second-order valence-electron chi connectivity index (χ2n) is 4.29. The highest BCUT2D eigenvalue weighted by atomic mass is 127. The molecule has 1 aromatic carbocycles. The van der Waals surface area contributed by atoms with Crippen LogP contribution in [0, 0.1) is 5.92 Å². The molecular formula is C13H16INO2. The molecule has 2 rings (SSSR count). The van der Waals surface area contributed by atoms with Gasteiger partial charge in [-0.3, -0.25) is 0 Å². The minimum atomic E-state index is -0.182. The normalized spacial score (nSPS) is 15.5. The van der Waals surface area contributed by atoms with Crippen LogP contribution in [0.5, 0.6) is 0 Å². The second kappa shape index (κ2) is 6.23. The van der Waals surface area contributed by atoms with E-state index in [0.717, 1.165) is 23.1 Å². The van der Waals surface area contributed by atoms with Gasteiger partial charge in [-0.2, -0.15) is 0 Å². The predicted octanol–water partition coefficient (Wildman–Crippen LogP) is 3.08. The smallest absolute Gasteiger partial charge is 0.410 e. The Hall–Kier alpha value is -0.780. The van der Waals surface area contributed by atoms with Crippen molar-refractivity contribution in [2.75, 3.05) is 17.5 Å². The lowest BCUT2D eigenvalue weighted by Crippen LogP contribution is -2.50. The molecule has 0 saturated carbocycles. The Balaban J connectivity index is 1.69. The van der Waals surface area contributed by atoms with E-state index >= 15 is 0 Å². The van der Waals surface area contributed by atoms with Gasteiger partial charge >= 0.3 is 6.09 Å². The molecule has 0 N–H and O–H groups in total. The summed E-state index contributed by atoms with van der Waals surface area (Å²) in [4.78, 5) is 13.4. The molecule has 92 valence electrons. The summed E-state index contributed by atoms with van der Waals surface area (Å²) in [6.07, 6.45) is 1.02. The maximum absolute atomic E-state index is 11.7. The number of nitrogens with zero attached hydrogens (tertiary/aromatic N) is 1. The van der Waals surface area contributed by atoms with Crippen molar-refractivity contribution in [3.63, 3.8) is 0 Å². The van der Waals surface area contributed by atoms with Gasteiger partial charge in [0.1, 0.15) is 6.61 Å². The number of ether oxygens (including phenoxy) is 1. The molecule has 0 spiro atoms. The number of likely N-dealkylation sites (tertiary alicyclic amines) is 1. The van der Waals surface area contributed by atoms with E-state index in [1.807, 2.05) is 30.3 Å². The predicted molar refractivity (Wildman–Crippen MR) is 75.2 cm³/mol. The molecule has 0 radical (unpaired) electrons. The summed E-state index contributed by atoms with van der Waals surface area (Å²) in [6.45, 7) is 2.08. The van der Waals surface area contributed by atoms with Gasteiger partial charge in [-0.05, 0) is 22.3 Å². The summed E-state index contributed by atoms with van der Waals surface area (Å²) < 4.78 is 6.41. The lowest BCUT2D eigenvalue weighted by atomic mass is 9.98. The van der Waals surface area contributed by atoms with Crippen LogP contribution in [0.2, 0.25) is 0 Å². The van der Waals surface area contributed by atoms with Crippen LogP contribution in [-0.4, -0.2) is 28.5 Å². The van der Waals surface area contributed by atoms with Crippen LogP contribution in [0.25, 0.3) is 0 Å². The molecule has 1 aliphatic rings. The van der Waals surface area contributed by atoms with Gasteiger partial charge in [-0.25, -0.2) is 4.79 Å². The maximum Gasteiger partial charge on any atom is 0.410 e. The third-order valence-corrected chi connectivity index (χ3v) is 3.56. The third-order valence-electron chi connectivity index (χ3n) is 2.94. The number of alkyl halides is 1. The van der Waals surface area contributed by atoms with Crippen LogP contribution in [-0.2, 0) is 11.3 Å². The Labute approximate surface area is 115 Å². The van der Waals surface area contributed by atoms with E-state index in [-0.39, 0.29) is 6.09 Å². The van der Waals surface area contributed by atoms with E-state index in [1.165, 1.54) is 6.42 Å². The molecule has 1 aromatic rings. The quantitative estimate of drug-likeness (QED) is 0.620. The van der Waals surface area contributed by atoms with Gasteiger partial charge in [0.05, 0.1) is 0 Å². The SMILES string of the molecule is O=C(OCc1ccccc1)N1CC(CCI)C1. The molecule has 3 nitrogen and oxygen atoms in total. The average Bonchev–Trinajstić information content (AvgIpc) is 2.31. The number of carbonyl (C=O) groups excluding carboxylic acids is 1. The number of benzene rings is 1. The van der Waals surface area contributed by atoms with Gasteiger partial charge in [-0.15, -0.1) is 0 Å². The molecule has 0 aromatic heterocycles. The van der Waals surface area contributed by atoms with Crippen molar-refractivity contribution in [3.05, 3.63) is 35.9 Å².